The van der Waals surface area contributed by atoms with E-state index in [1.807, 2.05) is 4.72 Å². The van der Waals surface area contributed by atoms with Crippen molar-refractivity contribution in [2.75, 3.05) is 4.72 Å². The zero-order valence-electron chi connectivity index (χ0n) is 10.4. The number of thiocarbonyl (C=S) groups is 1. The van der Waals surface area contributed by atoms with E-state index in [2.05, 4.69) is 4.98 Å². The van der Waals surface area contributed by atoms with Gasteiger partial charge in [0.25, 0.3) is 10.0 Å². The summed E-state index contributed by atoms with van der Waals surface area (Å²) in [6.07, 6.45) is 1.30. The topological polar surface area (TPSA) is 85.1 Å². The third kappa shape index (κ3) is 3.14. The molecule has 5 nitrogen and oxygen atoms in total. The minimum Gasteiger partial charge on any atom is -0.388 e. The van der Waals surface area contributed by atoms with E-state index in [0.717, 1.165) is 18.2 Å². The zero-order valence-corrected chi connectivity index (χ0v) is 12.0. The first kappa shape index (κ1) is 15.3. The molecule has 0 radical (unpaired) electrons. The highest BCUT2D eigenvalue weighted by Crippen LogP contribution is 2.23. The Morgan fingerprint density at radius 1 is 1.19 bits per heavy atom. The van der Waals surface area contributed by atoms with Crippen LogP contribution in [0.5, 0.6) is 0 Å². The van der Waals surface area contributed by atoms with E-state index < -0.39 is 27.3 Å². The number of benzene rings is 1. The summed E-state index contributed by atoms with van der Waals surface area (Å²) >= 11 is 4.71. The van der Waals surface area contributed by atoms with Crippen LogP contribution in [0.4, 0.5) is 14.5 Å². The van der Waals surface area contributed by atoms with Gasteiger partial charge in [-0.05, 0) is 24.3 Å². The molecular formula is C12H9F2N3O2S2. The van der Waals surface area contributed by atoms with Gasteiger partial charge in [0.05, 0.1) is 0 Å². The molecule has 9 heteroatoms. The smallest absolute Gasteiger partial charge is 0.264 e. The van der Waals surface area contributed by atoms with Gasteiger partial charge in [-0.2, -0.15) is 0 Å². The third-order valence-corrected chi connectivity index (χ3v) is 4.07. The standard InChI is InChI=1S/C12H9F2N3O2S2/c13-7-3-1-4-8(14)10(7)17-21(18,19)9-5-2-6-16-11(9)12(15)20/h1-6,17H,(H2,15,20). The van der Waals surface area contributed by atoms with Gasteiger partial charge in [-0.1, -0.05) is 18.3 Å². The lowest BCUT2D eigenvalue weighted by atomic mass is 10.3. The second-order valence-corrected chi connectivity index (χ2v) is 6.01. The van der Waals surface area contributed by atoms with Crippen molar-refractivity contribution in [1.29, 1.82) is 0 Å². The van der Waals surface area contributed by atoms with Crippen molar-refractivity contribution in [3.05, 3.63) is 53.9 Å². The molecule has 0 fully saturated rings. The summed E-state index contributed by atoms with van der Waals surface area (Å²) < 4.78 is 53.3. The second kappa shape index (κ2) is 5.70. The monoisotopic (exact) mass is 329 g/mol. The predicted octanol–water partition coefficient (Wildman–Crippen LogP) is 1.79. The Labute approximate surface area is 124 Å². The molecule has 0 amide bonds. The molecule has 0 saturated heterocycles. The van der Waals surface area contributed by atoms with Crippen molar-refractivity contribution in [2.45, 2.75) is 4.90 Å². The molecule has 1 aromatic carbocycles. The van der Waals surface area contributed by atoms with Crippen LogP contribution in [0, 0.1) is 11.6 Å². The molecule has 2 aromatic rings. The van der Waals surface area contributed by atoms with Crippen molar-refractivity contribution in [3.63, 3.8) is 0 Å². The molecule has 0 bridgehead atoms. The predicted molar refractivity (Wildman–Crippen MR) is 77.3 cm³/mol. The molecule has 1 aromatic heterocycles. The number of nitrogens with zero attached hydrogens (tertiary/aromatic N) is 1. The Bertz CT molecular complexity index is 790. The summed E-state index contributed by atoms with van der Waals surface area (Å²) in [5.41, 5.74) is 4.46. The first-order valence-electron chi connectivity index (χ1n) is 5.54. The Kier molecular flexibility index (Phi) is 4.14. The Morgan fingerprint density at radius 2 is 1.81 bits per heavy atom. The van der Waals surface area contributed by atoms with E-state index in [-0.39, 0.29) is 15.6 Å². The number of sulfonamides is 1. The van der Waals surface area contributed by atoms with Gasteiger partial charge in [-0.25, -0.2) is 17.2 Å². The van der Waals surface area contributed by atoms with Crippen LogP contribution in [0.1, 0.15) is 5.69 Å². The van der Waals surface area contributed by atoms with Crippen molar-refractivity contribution in [3.8, 4) is 0 Å². The number of hydrogen-bond acceptors (Lipinski definition) is 4. The normalized spacial score (nSPS) is 11.1. The average Bonchev–Trinajstić information content (AvgIpc) is 2.43. The fourth-order valence-corrected chi connectivity index (χ4v) is 3.05. The molecule has 0 spiro atoms. The molecule has 0 aliphatic rings. The van der Waals surface area contributed by atoms with Gasteiger partial charge in [-0.3, -0.25) is 9.71 Å². The van der Waals surface area contributed by atoms with Gasteiger partial charge in [0.2, 0.25) is 0 Å². The SMILES string of the molecule is NC(=S)c1ncccc1S(=O)(=O)Nc1c(F)cccc1F. The van der Waals surface area contributed by atoms with Gasteiger partial charge in [0.15, 0.2) is 0 Å². The molecule has 0 atom stereocenters. The molecule has 1 heterocycles. The summed E-state index contributed by atoms with van der Waals surface area (Å²) in [5.74, 6) is -2.08. The number of hydrogen-bond donors (Lipinski definition) is 2. The molecule has 0 aliphatic heterocycles. The van der Waals surface area contributed by atoms with Crippen molar-refractivity contribution in [1.82, 2.24) is 4.98 Å². The maximum Gasteiger partial charge on any atom is 0.264 e. The first-order chi connectivity index (χ1) is 9.83. The van der Waals surface area contributed by atoms with Crippen molar-refractivity contribution >= 4 is 32.9 Å². The van der Waals surface area contributed by atoms with Crippen LogP contribution in [0.2, 0.25) is 0 Å². The van der Waals surface area contributed by atoms with Crippen molar-refractivity contribution < 1.29 is 17.2 Å². The van der Waals surface area contributed by atoms with Gasteiger partial charge in [-0.15, -0.1) is 0 Å². The molecule has 3 N–H and O–H groups in total. The Hall–Kier alpha value is -2.13. The number of aromatic nitrogens is 1. The fraction of sp³-hybridized carbons (Fsp3) is 0. The van der Waals surface area contributed by atoms with Gasteiger partial charge >= 0.3 is 0 Å². The average molecular weight is 329 g/mol. The second-order valence-electron chi connectivity index (χ2n) is 3.92. The van der Waals surface area contributed by atoms with Gasteiger partial charge in [0, 0.05) is 6.20 Å². The largest absolute Gasteiger partial charge is 0.388 e. The fourth-order valence-electron chi connectivity index (χ4n) is 1.58. The van der Waals surface area contributed by atoms with E-state index in [4.69, 9.17) is 18.0 Å². The number of pyridine rings is 1. The van der Waals surface area contributed by atoms with Crippen molar-refractivity contribution in [2.24, 2.45) is 5.73 Å². The zero-order chi connectivity index (χ0) is 15.6. The summed E-state index contributed by atoms with van der Waals surface area (Å²) in [4.78, 5) is 3.15. The lowest BCUT2D eigenvalue weighted by Crippen LogP contribution is -2.21. The van der Waals surface area contributed by atoms with E-state index >= 15 is 0 Å². The number of nitrogens with one attached hydrogen (secondary N) is 1. The summed E-state index contributed by atoms with van der Waals surface area (Å²) in [5, 5.41) is 0. The number of para-hydroxylation sites is 1. The van der Waals surface area contributed by atoms with E-state index in [1.54, 1.807) is 0 Å². The van der Waals surface area contributed by atoms with Crippen LogP contribution in [-0.4, -0.2) is 18.4 Å². The number of anilines is 1. The number of rotatable bonds is 4. The maximum absolute atomic E-state index is 13.5. The van der Waals surface area contributed by atoms with Crippen LogP contribution in [0.25, 0.3) is 0 Å². The lowest BCUT2D eigenvalue weighted by molar-refractivity contribution is 0.582. The lowest BCUT2D eigenvalue weighted by Gasteiger charge is -2.11. The molecule has 0 aliphatic carbocycles. The van der Waals surface area contributed by atoms with E-state index in [1.165, 1.54) is 18.3 Å². The highest BCUT2D eigenvalue weighted by atomic mass is 32.2. The van der Waals surface area contributed by atoms with Gasteiger partial charge in [0.1, 0.15) is 32.9 Å². The Morgan fingerprint density at radius 3 is 2.38 bits per heavy atom. The highest BCUT2D eigenvalue weighted by Gasteiger charge is 2.23. The van der Waals surface area contributed by atoms with Crippen LogP contribution < -0.4 is 10.5 Å². The minimum atomic E-state index is -4.29. The van der Waals surface area contributed by atoms with Crippen LogP contribution in [-0.2, 0) is 10.0 Å². The van der Waals surface area contributed by atoms with E-state index in [0.29, 0.717) is 0 Å². The Balaban J connectivity index is 2.52. The number of halogens is 2. The number of nitrogens with two attached hydrogens (primary N) is 1. The summed E-state index contributed by atoms with van der Waals surface area (Å²) in [6.45, 7) is 0. The van der Waals surface area contributed by atoms with Crippen LogP contribution >= 0.6 is 12.2 Å². The molecule has 0 unspecified atom stereocenters. The van der Waals surface area contributed by atoms with Gasteiger partial charge < -0.3 is 5.73 Å². The minimum absolute atomic E-state index is 0.156. The highest BCUT2D eigenvalue weighted by molar-refractivity contribution is 7.93. The summed E-state index contributed by atoms with van der Waals surface area (Å²) in [6, 6.07) is 5.50. The molecule has 2 rings (SSSR count). The van der Waals surface area contributed by atoms with E-state index in [9.17, 15) is 17.2 Å². The third-order valence-electron chi connectivity index (χ3n) is 2.49. The molecular weight excluding hydrogens is 320 g/mol. The molecule has 0 saturated carbocycles. The maximum atomic E-state index is 13.5. The van der Waals surface area contributed by atoms with Crippen LogP contribution in [0.15, 0.2) is 41.4 Å². The molecule has 21 heavy (non-hydrogen) atoms. The quantitative estimate of drug-likeness (QED) is 0.836. The molecule has 110 valence electrons. The first-order valence-corrected chi connectivity index (χ1v) is 7.43. The summed E-state index contributed by atoms with van der Waals surface area (Å²) in [7, 11) is -4.29. The van der Waals surface area contributed by atoms with Crippen LogP contribution in [0.3, 0.4) is 0 Å².